The molecule has 1 saturated heterocycles. The molecule has 0 bridgehead atoms. The van der Waals surface area contributed by atoms with E-state index in [0.717, 1.165) is 35.3 Å². The van der Waals surface area contributed by atoms with Gasteiger partial charge in [-0.05, 0) is 24.6 Å². The summed E-state index contributed by atoms with van der Waals surface area (Å²) in [6.45, 7) is 5.35. The lowest BCUT2D eigenvalue weighted by Crippen LogP contribution is -2.49. The maximum atomic E-state index is 12.9. The molecule has 1 aliphatic heterocycles. The number of H-pyrrole nitrogens is 1. The monoisotopic (exact) mass is 465 g/mol. The second-order valence-electron chi connectivity index (χ2n) is 8.25. The van der Waals surface area contributed by atoms with Gasteiger partial charge in [0.25, 0.3) is 0 Å². The smallest absolute Gasteiger partial charge is 0.243 e. The van der Waals surface area contributed by atoms with Crippen LogP contribution in [0.15, 0.2) is 66.2 Å². The van der Waals surface area contributed by atoms with E-state index in [1.165, 1.54) is 0 Å². The van der Waals surface area contributed by atoms with Crippen molar-refractivity contribution < 1.29 is 8.42 Å². The average molecular weight is 466 g/mol. The quantitative estimate of drug-likeness (QED) is 0.451. The highest BCUT2D eigenvalue weighted by Crippen LogP contribution is 2.26. The first-order valence-corrected chi connectivity index (χ1v) is 12.6. The molecule has 10 heteroatoms. The molecule has 0 saturated carbocycles. The number of piperazine rings is 1. The molecule has 1 aliphatic rings. The summed E-state index contributed by atoms with van der Waals surface area (Å²) < 4.78 is 29.4. The second-order valence-corrected chi connectivity index (χ2v) is 10.2. The van der Waals surface area contributed by atoms with Crippen molar-refractivity contribution in [1.82, 2.24) is 33.9 Å². The molecule has 4 heterocycles. The number of benzene rings is 1. The van der Waals surface area contributed by atoms with Gasteiger partial charge in [-0.25, -0.2) is 18.4 Å². The third-order valence-electron chi connectivity index (χ3n) is 6.26. The third-order valence-corrected chi connectivity index (χ3v) is 8.17. The number of rotatable bonds is 7. The van der Waals surface area contributed by atoms with E-state index in [9.17, 15) is 8.42 Å². The van der Waals surface area contributed by atoms with Crippen molar-refractivity contribution in [1.29, 1.82) is 0 Å². The predicted molar refractivity (Wildman–Crippen MR) is 126 cm³/mol. The lowest BCUT2D eigenvalue weighted by molar-refractivity contribution is 0.160. The maximum Gasteiger partial charge on any atom is 0.243 e. The predicted octanol–water partition coefficient (Wildman–Crippen LogP) is 2.78. The van der Waals surface area contributed by atoms with Crippen molar-refractivity contribution in [2.45, 2.75) is 24.3 Å². The molecular formula is C23H27N7O2S. The van der Waals surface area contributed by atoms with Crippen LogP contribution in [0.3, 0.4) is 0 Å². The molecule has 1 atom stereocenters. The standard InChI is InChI=1S/C23H27N7O2S/c1-2-19(30-15-18(14-27-30)22-21-8-9-24-23(21)26-17-25-22)16-28-10-12-29(13-11-28)33(31,32)20-6-4-3-5-7-20/h3-9,14-15,17,19H,2,10-13,16H2,1H3,(H,24,25,26). The Morgan fingerprint density at radius 2 is 1.85 bits per heavy atom. The summed E-state index contributed by atoms with van der Waals surface area (Å²) in [7, 11) is -3.44. The van der Waals surface area contributed by atoms with E-state index in [-0.39, 0.29) is 6.04 Å². The van der Waals surface area contributed by atoms with Gasteiger partial charge in [-0.15, -0.1) is 0 Å². The van der Waals surface area contributed by atoms with E-state index >= 15 is 0 Å². The molecule has 0 spiro atoms. The van der Waals surface area contributed by atoms with Crippen molar-refractivity contribution in [3.63, 3.8) is 0 Å². The van der Waals surface area contributed by atoms with Crippen molar-refractivity contribution in [3.8, 4) is 11.3 Å². The number of aromatic nitrogens is 5. The Kier molecular flexibility index (Phi) is 5.96. The molecule has 1 aromatic carbocycles. The van der Waals surface area contributed by atoms with E-state index in [4.69, 9.17) is 0 Å². The molecule has 172 valence electrons. The van der Waals surface area contributed by atoms with Crippen LogP contribution in [0, 0.1) is 0 Å². The Morgan fingerprint density at radius 1 is 1.06 bits per heavy atom. The number of fused-ring (bicyclic) bond motifs is 1. The zero-order chi connectivity index (χ0) is 22.8. The lowest BCUT2D eigenvalue weighted by atomic mass is 10.1. The van der Waals surface area contributed by atoms with Gasteiger partial charge in [0.15, 0.2) is 0 Å². The zero-order valence-electron chi connectivity index (χ0n) is 18.5. The van der Waals surface area contributed by atoms with Crippen LogP contribution in [0.5, 0.6) is 0 Å². The van der Waals surface area contributed by atoms with Crippen molar-refractivity contribution >= 4 is 21.1 Å². The lowest BCUT2D eigenvalue weighted by Gasteiger charge is -2.35. The first-order valence-electron chi connectivity index (χ1n) is 11.2. The number of nitrogens with zero attached hydrogens (tertiary/aromatic N) is 6. The molecule has 0 aliphatic carbocycles. The van der Waals surface area contributed by atoms with Crippen molar-refractivity contribution in [2.24, 2.45) is 0 Å². The molecule has 1 N–H and O–H groups in total. The molecule has 1 fully saturated rings. The summed E-state index contributed by atoms with van der Waals surface area (Å²) in [5, 5.41) is 5.60. The van der Waals surface area contributed by atoms with Crippen LogP contribution in [0.4, 0.5) is 0 Å². The number of hydrogen-bond donors (Lipinski definition) is 1. The minimum atomic E-state index is -3.44. The fourth-order valence-corrected chi connectivity index (χ4v) is 5.80. The number of hydrogen-bond acceptors (Lipinski definition) is 6. The van der Waals surface area contributed by atoms with Gasteiger partial charge in [0, 0.05) is 56.1 Å². The van der Waals surface area contributed by atoms with Gasteiger partial charge in [0.05, 0.1) is 22.8 Å². The Hall–Kier alpha value is -3.08. The first kappa shape index (κ1) is 21.7. The Morgan fingerprint density at radius 3 is 2.61 bits per heavy atom. The van der Waals surface area contributed by atoms with Gasteiger partial charge in [-0.1, -0.05) is 25.1 Å². The highest BCUT2D eigenvalue weighted by atomic mass is 32.2. The SMILES string of the molecule is CCC(CN1CCN(S(=O)(=O)c2ccccc2)CC1)n1cc(-c2ncnc3[nH]ccc23)cn1. The minimum absolute atomic E-state index is 0.194. The van der Waals surface area contributed by atoms with Gasteiger partial charge in [-0.2, -0.15) is 9.40 Å². The van der Waals surface area contributed by atoms with Crippen LogP contribution < -0.4 is 0 Å². The molecule has 9 nitrogen and oxygen atoms in total. The van der Waals surface area contributed by atoms with Crippen LogP contribution in [0.2, 0.25) is 0 Å². The van der Waals surface area contributed by atoms with Gasteiger partial charge in [0.1, 0.15) is 12.0 Å². The molecule has 4 aromatic rings. The van der Waals surface area contributed by atoms with Crippen LogP contribution in [0.1, 0.15) is 19.4 Å². The zero-order valence-corrected chi connectivity index (χ0v) is 19.3. The van der Waals surface area contributed by atoms with Crippen molar-refractivity contribution in [2.75, 3.05) is 32.7 Å². The van der Waals surface area contributed by atoms with Gasteiger partial charge < -0.3 is 4.98 Å². The highest BCUT2D eigenvalue weighted by Gasteiger charge is 2.29. The molecule has 0 radical (unpaired) electrons. The first-order chi connectivity index (χ1) is 16.1. The summed E-state index contributed by atoms with van der Waals surface area (Å²) >= 11 is 0. The summed E-state index contributed by atoms with van der Waals surface area (Å²) in [6.07, 6.45) is 8.24. The van der Waals surface area contributed by atoms with Gasteiger partial charge in [0.2, 0.25) is 10.0 Å². The Balaban J connectivity index is 1.25. The van der Waals surface area contributed by atoms with Crippen LogP contribution in [-0.2, 0) is 10.0 Å². The molecule has 1 unspecified atom stereocenters. The van der Waals surface area contributed by atoms with Gasteiger partial charge >= 0.3 is 0 Å². The van der Waals surface area contributed by atoms with Crippen LogP contribution >= 0.6 is 0 Å². The summed E-state index contributed by atoms with van der Waals surface area (Å²) in [6, 6.07) is 10.8. The van der Waals surface area contributed by atoms with Crippen LogP contribution in [-0.4, -0.2) is 75.1 Å². The van der Waals surface area contributed by atoms with E-state index < -0.39 is 10.0 Å². The molecule has 3 aromatic heterocycles. The second kappa shape index (κ2) is 9.05. The minimum Gasteiger partial charge on any atom is -0.346 e. The normalized spacial score (nSPS) is 16.9. The topological polar surface area (TPSA) is 100 Å². The van der Waals surface area contributed by atoms with Crippen molar-refractivity contribution in [3.05, 3.63) is 61.3 Å². The molecule has 33 heavy (non-hydrogen) atoms. The molecular weight excluding hydrogens is 438 g/mol. The van der Waals surface area contributed by atoms with E-state index in [2.05, 4.69) is 31.9 Å². The van der Waals surface area contributed by atoms with E-state index in [1.54, 1.807) is 34.9 Å². The van der Waals surface area contributed by atoms with E-state index in [0.29, 0.717) is 31.1 Å². The third kappa shape index (κ3) is 4.29. The Labute approximate surface area is 193 Å². The fraction of sp³-hybridized carbons (Fsp3) is 0.348. The highest BCUT2D eigenvalue weighted by molar-refractivity contribution is 7.89. The number of aromatic amines is 1. The summed E-state index contributed by atoms with van der Waals surface area (Å²) in [5.74, 6) is 0. The fourth-order valence-electron chi connectivity index (χ4n) is 4.35. The summed E-state index contributed by atoms with van der Waals surface area (Å²) in [5.41, 5.74) is 2.63. The van der Waals surface area contributed by atoms with E-state index in [1.807, 2.05) is 35.4 Å². The maximum absolute atomic E-state index is 12.9. The summed E-state index contributed by atoms with van der Waals surface area (Å²) in [4.78, 5) is 14.5. The molecule has 0 amide bonds. The van der Waals surface area contributed by atoms with Crippen LogP contribution in [0.25, 0.3) is 22.3 Å². The van der Waals surface area contributed by atoms with Gasteiger partial charge in [-0.3, -0.25) is 9.58 Å². The Bertz CT molecular complexity index is 1330. The number of nitrogens with one attached hydrogen (secondary N) is 1. The average Bonchev–Trinajstić information content (AvgIpc) is 3.53. The number of sulfonamides is 1. The molecule has 5 rings (SSSR count). The largest absolute Gasteiger partial charge is 0.346 e.